The van der Waals surface area contributed by atoms with Crippen molar-refractivity contribution in [2.24, 2.45) is 5.92 Å². The van der Waals surface area contributed by atoms with Crippen LogP contribution >= 0.6 is 0 Å². The van der Waals surface area contributed by atoms with Gasteiger partial charge in [0.05, 0.1) is 0 Å². The quantitative estimate of drug-likeness (QED) is 0.765. The van der Waals surface area contributed by atoms with Gasteiger partial charge in [-0.2, -0.15) is 0 Å². The molecule has 1 aromatic carbocycles. The first-order valence-corrected chi connectivity index (χ1v) is 7.60. The molecular formula is C18H22O2. The van der Waals surface area contributed by atoms with Gasteiger partial charge in [0.2, 0.25) is 0 Å². The predicted octanol–water partition coefficient (Wildman–Crippen LogP) is 4.31. The summed E-state index contributed by atoms with van der Waals surface area (Å²) in [6.45, 7) is 5.89. The molecule has 1 saturated heterocycles. The van der Waals surface area contributed by atoms with Gasteiger partial charge in [-0.25, -0.2) is 0 Å². The minimum absolute atomic E-state index is 0.0653. The highest BCUT2D eigenvalue weighted by atomic mass is 16.6. The van der Waals surface area contributed by atoms with Crippen LogP contribution in [0.2, 0.25) is 0 Å². The Morgan fingerprint density at radius 3 is 2.40 bits per heavy atom. The van der Waals surface area contributed by atoms with Crippen LogP contribution in [-0.2, 0) is 9.53 Å². The van der Waals surface area contributed by atoms with Crippen molar-refractivity contribution < 1.29 is 9.53 Å². The van der Waals surface area contributed by atoms with Crippen molar-refractivity contribution in [1.29, 1.82) is 0 Å². The SMILES string of the molecule is C=Cc1ccc(C2C(=O)OC2(C)C2CCCCC2)cc1. The molecule has 0 radical (unpaired) electrons. The Bertz CT molecular complexity index is 511. The first-order valence-electron chi connectivity index (χ1n) is 7.60. The molecule has 0 amide bonds. The van der Waals surface area contributed by atoms with E-state index in [1.54, 1.807) is 0 Å². The van der Waals surface area contributed by atoms with Crippen molar-refractivity contribution in [3.8, 4) is 0 Å². The zero-order valence-corrected chi connectivity index (χ0v) is 12.1. The lowest BCUT2D eigenvalue weighted by atomic mass is 9.66. The van der Waals surface area contributed by atoms with Crippen LogP contribution in [0.3, 0.4) is 0 Å². The number of cyclic esters (lactones) is 1. The van der Waals surface area contributed by atoms with Crippen LogP contribution in [0.25, 0.3) is 6.08 Å². The molecule has 3 rings (SSSR count). The van der Waals surface area contributed by atoms with E-state index in [0.29, 0.717) is 5.92 Å². The third kappa shape index (κ3) is 2.07. The van der Waals surface area contributed by atoms with E-state index in [4.69, 9.17) is 4.74 Å². The number of ether oxygens (including phenoxy) is 1. The Kier molecular flexibility index (Phi) is 3.41. The maximum atomic E-state index is 12.0. The summed E-state index contributed by atoms with van der Waals surface area (Å²) >= 11 is 0. The summed E-state index contributed by atoms with van der Waals surface area (Å²) in [6, 6.07) is 8.14. The second-order valence-corrected chi connectivity index (χ2v) is 6.24. The van der Waals surface area contributed by atoms with Gasteiger partial charge >= 0.3 is 5.97 Å². The summed E-state index contributed by atoms with van der Waals surface area (Å²) in [6.07, 6.45) is 8.04. The van der Waals surface area contributed by atoms with Gasteiger partial charge in [0.15, 0.2) is 0 Å². The number of hydrogen-bond donors (Lipinski definition) is 0. The fourth-order valence-corrected chi connectivity index (χ4v) is 3.80. The molecule has 0 N–H and O–H groups in total. The molecule has 2 unspecified atom stereocenters. The number of benzene rings is 1. The van der Waals surface area contributed by atoms with E-state index in [1.807, 2.05) is 30.3 Å². The molecule has 1 heterocycles. The molecule has 1 aliphatic heterocycles. The number of hydrogen-bond acceptors (Lipinski definition) is 2. The maximum absolute atomic E-state index is 12.0. The number of esters is 1. The largest absolute Gasteiger partial charge is 0.457 e. The first-order chi connectivity index (χ1) is 9.65. The number of rotatable bonds is 3. The Morgan fingerprint density at radius 1 is 1.20 bits per heavy atom. The lowest BCUT2D eigenvalue weighted by molar-refractivity contribution is -0.209. The van der Waals surface area contributed by atoms with Gasteiger partial charge in [0.1, 0.15) is 11.5 Å². The summed E-state index contributed by atoms with van der Waals surface area (Å²) < 4.78 is 5.63. The van der Waals surface area contributed by atoms with Gasteiger partial charge in [-0.1, -0.05) is 56.2 Å². The highest BCUT2D eigenvalue weighted by Crippen LogP contribution is 2.50. The van der Waals surface area contributed by atoms with E-state index >= 15 is 0 Å². The molecule has 0 bridgehead atoms. The third-order valence-corrected chi connectivity index (χ3v) is 5.05. The van der Waals surface area contributed by atoms with Crippen molar-refractivity contribution >= 4 is 12.0 Å². The first kappa shape index (κ1) is 13.4. The molecular weight excluding hydrogens is 248 g/mol. The molecule has 0 spiro atoms. The van der Waals surface area contributed by atoms with Crippen molar-refractivity contribution in [3.63, 3.8) is 0 Å². The topological polar surface area (TPSA) is 26.3 Å². The summed E-state index contributed by atoms with van der Waals surface area (Å²) in [7, 11) is 0. The second kappa shape index (κ2) is 5.08. The second-order valence-electron chi connectivity index (χ2n) is 6.24. The smallest absolute Gasteiger partial charge is 0.318 e. The Balaban J connectivity index is 1.85. The van der Waals surface area contributed by atoms with E-state index in [9.17, 15) is 4.79 Å². The van der Waals surface area contributed by atoms with Crippen LogP contribution in [0.4, 0.5) is 0 Å². The monoisotopic (exact) mass is 270 g/mol. The van der Waals surface area contributed by atoms with Crippen LogP contribution in [0.5, 0.6) is 0 Å². The zero-order valence-electron chi connectivity index (χ0n) is 12.1. The number of carbonyl (C=O) groups excluding carboxylic acids is 1. The van der Waals surface area contributed by atoms with Crippen LogP contribution < -0.4 is 0 Å². The molecule has 1 saturated carbocycles. The van der Waals surface area contributed by atoms with E-state index in [-0.39, 0.29) is 17.5 Å². The number of carbonyl (C=O) groups is 1. The van der Waals surface area contributed by atoms with Crippen molar-refractivity contribution in [3.05, 3.63) is 42.0 Å². The summed E-state index contributed by atoms with van der Waals surface area (Å²) in [5.74, 6) is 0.354. The van der Waals surface area contributed by atoms with Crippen LogP contribution in [0.15, 0.2) is 30.8 Å². The summed E-state index contributed by atoms with van der Waals surface area (Å²) in [4.78, 5) is 12.0. The Labute approximate surface area is 120 Å². The molecule has 2 fully saturated rings. The fraction of sp³-hybridized carbons (Fsp3) is 0.500. The predicted molar refractivity (Wildman–Crippen MR) is 80.3 cm³/mol. The molecule has 2 nitrogen and oxygen atoms in total. The van der Waals surface area contributed by atoms with Gasteiger partial charge in [0.25, 0.3) is 0 Å². The van der Waals surface area contributed by atoms with E-state index < -0.39 is 0 Å². The van der Waals surface area contributed by atoms with Crippen LogP contribution in [0, 0.1) is 5.92 Å². The molecule has 1 aromatic rings. The van der Waals surface area contributed by atoms with E-state index in [1.165, 1.54) is 32.1 Å². The third-order valence-electron chi connectivity index (χ3n) is 5.05. The highest BCUT2D eigenvalue weighted by Gasteiger charge is 2.57. The Hall–Kier alpha value is -1.57. The molecule has 2 atom stereocenters. The van der Waals surface area contributed by atoms with Gasteiger partial charge in [-0.05, 0) is 36.8 Å². The van der Waals surface area contributed by atoms with Crippen molar-refractivity contribution in [1.82, 2.24) is 0 Å². The van der Waals surface area contributed by atoms with Gasteiger partial charge in [-0.15, -0.1) is 0 Å². The summed E-state index contributed by atoms with van der Waals surface area (Å²) in [5, 5.41) is 0. The minimum Gasteiger partial charge on any atom is -0.457 e. The maximum Gasteiger partial charge on any atom is 0.318 e. The molecule has 0 aromatic heterocycles. The average molecular weight is 270 g/mol. The van der Waals surface area contributed by atoms with Gasteiger partial charge < -0.3 is 4.74 Å². The van der Waals surface area contributed by atoms with E-state index in [2.05, 4.69) is 13.5 Å². The fourth-order valence-electron chi connectivity index (χ4n) is 3.80. The van der Waals surface area contributed by atoms with Crippen LogP contribution in [-0.4, -0.2) is 11.6 Å². The Morgan fingerprint density at radius 2 is 1.85 bits per heavy atom. The van der Waals surface area contributed by atoms with Gasteiger partial charge in [0, 0.05) is 0 Å². The molecule has 106 valence electrons. The summed E-state index contributed by atoms with van der Waals surface area (Å²) in [5.41, 5.74) is 1.87. The van der Waals surface area contributed by atoms with E-state index in [0.717, 1.165) is 11.1 Å². The van der Waals surface area contributed by atoms with Crippen molar-refractivity contribution in [2.45, 2.75) is 50.5 Å². The van der Waals surface area contributed by atoms with Crippen LogP contribution in [0.1, 0.15) is 56.1 Å². The van der Waals surface area contributed by atoms with Gasteiger partial charge in [-0.3, -0.25) is 4.79 Å². The van der Waals surface area contributed by atoms with Crippen molar-refractivity contribution in [2.75, 3.05) is 0 Å². The molecule has 2 aliphatic rings. The lowest BCUT2D eigenvalue weighted by Crippen LogP contribution is -2.58. The average Bonchev–Trinajstić information content (AvgIpc) is 2.48. The standard InChI is InChI=1S/C18H22O2/c1-3-13-9-11-14(12-10-13)16-17(19)20-18(16,2)15-7-5-4-6-8-15/h3,9-12,15-16H,1,4-8H2,2H3. The zero-order chi connectivity index (χ0) is 14.2. The highest BCUT2D eigenvalue weighted by molar-refractivity contribution is 5.86. The molecule has 20 heavy (non-hydrogen) atoms. The normalized spacial score (nSPS) is 30.4. The molecule has 1 aliphatic carbocycles. The minimum atomic E-state index is -0.298. The molecule has 2 heteroatoms. The lowest BCUT2D eigenvalue weighted by Gasteiger charge is -2.51.